The molecule has 1 aliphatic heterocycles. The molecule has 0 saturated carbocycles. The van der Waals surface area contributed by atoms with E-state index in [-0.39, 0.29) is 11.5 Å². The number of halogens is 1. The zero-order valence-corrected chi connectivity index (χ0v) is 16.3. The molecular formula is C19H22FN5OS. The summed E-state index contributed by atoms with van der Waals surface area (Å²) < 4.78 is 13.8. The fourth-order valence-corrected chi connectivity index (χ4v) is 4.12. The number of aromatic nitrogens is 1. The van der Waals surface area contributed by atoms with Gasteiger partial charge in [-0.05, 0) is 25.5 Å². The first-order chi connectivity index (χ1) is 13.0. The molecule has 27 heavy (non-hydrogen) atoms. The first-order valence-electron chi connectivity index (χ1n) is 8.94. The Labute approximate surface area is 162 Å². The number of anilines is 2. The maximum Gasteiger partial charge on any atom is 0.240 e. The van der Waals surface area contributed by atoms with Gasteiger partial charge in [-0.3, -0.25) is 9.69 Å². The Morgan fingerprint density at radius 3 is 2.74 bits per heavy atom. The van der Waals surface area contributed by atoms with Crippen LogP contribution >= 0.6 is 11.3 Å². The Kier molecular flexibility index (Phi) is 6.04. The van der Waals surface area contributed by atoms with Crippen molar-refractivity contribution < 1.29 is 9.18 Å². The van der Waals surface area contributed by atoms with Gasteiger partial charge in [0.05, 0.1) is 17.9 Å². The molecule has 1 saturated heterocycles. The van der Waals surface area contributed by atoms with E-state index in [1.54, 1.807) is 12.1 Å². The highest BCUT2D eigenvalue weighted by atomic mass is 32.1. The minimum absolute atomic E-state index is 0.0783. The molecule has 3 rings (SSSR count). The molecule has 2 aromatic rings. The maximum absolute atomic E-state index is 13.8. The van der Waals surface area contributed by atoms with E-state index in [9.17, 15) is 14.4 Å². The number of hydrogen-bond acceptors (Lipinski definition) is 6. The molecule has 142 valence electrons. The molecule has 1 aromatic heterocycles. The Bertz CT molecular complexity index is 867. The normalized spacial score (nSPS) is 14.8. The molecule has 6 nitrogen and oxygen atoms in total. The van der Waals surface area contributed by atoms with Crippen molar-refractivity contribution in [1.82, 2.24) is 9.88 Å². The minimum Gasteiger partial charge on any atom is -0.368 e. The second-order valence-corrected chi connectivity index (χ2v) is 7.64. The second-order valence-electron chi connectivity index (χ2n) is 6.43. The maximum atomic E-state index is 13.8. The summed E-state index contributed by atoms with van der Waals surface area (Å²) in [7, 11) is 0. The number of nitriles is 1. The van der Waals surface area contributed by atoms with Crippen molar-refractivity contribution in [3.8, 4) is 6.07 Å². The number of thiazole rings is 1. The molecule has 0 spiro atoms. The third-order valence-electron chi connectivity index (χ3n) is 4.66. The average molecular weight is 387 g/mol. The summed E-state index contributed by atoms with van der Waals surface area (Å²) in [6.45, 7) is 6.97. The summed E-state index contributed by atoms with van der Waals surface area (Å²) in [5, 5.41) is 12.7. The van der Waals surface area contributed by atoms with Gasteiger partial charge in [0.15, 0.2) is 5.13 Å². The number of rotatable bonds is 5. The summed E-state index contributed by atoms with van der Waals surface area (Å²) in [6, 6.07) is 6.62. The van der Waals surface area contributed by atoms with Crippen molar-refractivity contribution >= 4 is 28.1 Å². The van der Waals surface area contributed by atoms with Crippen LogP contribution in [0.2, 0.25) is 0 Å². The summed E-state index contributed by atoms with van der Waals surface area (Å²) in [4.78, 5) is 21.9. The molecule has 1 aliphatic rings. The monoisotopic (exact) mass is 387 g/mol. The first-order valence-corrected chi connectivity index (χ1v) is 9.75. The predicted octanol–water partition coefficient (Wildman–Crippen LogP) is 2.79. The van der Waals surface area contributed by atoms with Crippen LogP contribution in [0.1, 0.15) is 23.1 Å². The topological polar surface area (TPSA) is 72.3 Å². The fourth-order valence-electron chi connectivity index (χ4n) is 3.21. The van der Waals surface area contributed by atoms with E-state index < -0.39 is 5.82 Å². The van der Waals surface area contributed by atoms with Crippen LogP contribution in [0.4, 0.5) is 15.2 Å². The fraction of sp³-hybridized carbons (Fsp3) is 0.421. The van der Waals surface area contributed by atoms with Gasteiger partial charge in [-0.2, -0.15) is 5.26 Å². The molecule has 2 heterocycles. The minimum atomic E-state index is -0.498. The predicted molar refractivity (Wildman–Crippen MR) is 105 cm³/mol. The molecule has 0 radical (unpaired) electrons. The van der Waals surface area contributed by atoms with Crippen LogP contribution in [-0.2, 0) is 11.2 Å². The molecule has 1 amide bonds. The van der Waals surface area contributed by atoms with Crippen LogP contribution in [0.3, 0.4) is 0 Å². The van der Waals surface area contributed by atoms with Crippen molar-refractivity contribution in [3.63, 3.8) is 0 Å². The number of amides is 1. The molecular weight excluding hydrogens is 365 g/mol. The number of nitrogens with zero attached hydrogens (tertiary/aromatic N) is 4. The molecule has 0 aliphatic carbocycles. The number of carbonyl (C=O) groups excluding carboxylic acids is 1. The smallest absolute Gasteiger partial charge is 0.240 e. The van der Waals surface area contributed by atoms with Crippen LogP contribution in [0.15, 0.2) is 18.2 Å². The summed E-state index contributed by atoms with van der Waals surface area (Å²) in [5.74, 6) is -0.578. The summed E-state index contributed by atoms with van der Waals surface area (Å²) in [6.07, 6.45) is 0.852. The van der Waals surface area contributed by atoms with Gasteiger partial charge in [0.25, 0.3) is 0 Å². The highest BCUT2D eigenvalue weighted by Crippen LogP contribution is 2.24. The van der Waals surface area contributed by atoms with E-state index in [1.807, 2.05) is 24.8 Å². The molecule has 0 unspecified atom stereocenters. The van der Waals surface area contributed by atoms with Gasteiger partial charge in [-0.1, -0.05) is 13.0 Å². The standard InChI is InChI=1S/C19H22FN5OS/c1-3-16-13(2)27-19(22-16)23-18(26)12-24-7-9-25(10-8-24)17-6-4-5-15(20)14(17)11-21/h4-6H,3,7-10,12H2,1-2H3,(H,22,23,26). The van der Waals surface area contributed by atoms with Gasteiger partial charge >= 0.3 is 0 Å². The Balaban J connectivity index is 1.54. The molecule has 0 atom stereocenters. The number of hydrogen-bond donors (Lipinski definition) is 1. The molecule has 0 bridgehead atoms. The van der Waals surface area contributed by atoms with Crippen molar-refractivity contribution in [1.29, 1.82) is 5.26 Å². The Morgan fingerprint density at radius 1 is 1.37 bits per heavy atom. The number of aryl methyl sites for hydroxylation is 2. The van der Waals surface area contributed by atoms with E-state index in [2.05, 4.69) is 15.2 Å². The molecule has 1 aromatic carbocycles. The largest absolute Gasteiger partial charge is 0.368 e. The lowest BCUT2D eigenvalue weighted by molar-refractivity contribution is -0.117. The van der Waals surface area contributed by atoms with Crippen molar-refractivity contribution in [2.75, 3.05) is 42.9 Å². The van der Waals surface area contributed by atoms with Crippen LogP contribution in [-0.4, -0.2) is 48.5 Å². The second kappa shape index (κ2) is 8.46. The zero-order chi connectivity index (χ0) is 19.4. The summed E-state index contributed by atoms with van der Waals surface area (Å²) in [5.41, 5.74) is 1.72. The quantitative estimate of drug-likeness (QED) is 0.854. The van der Waals surface area contributed by atoms with Gasteiger partial charge in [0.1, 0.15) is 17.4 Å². The van der Waals surface area contributed by atoms with Gasteiger partial charge in [-0.25, -0.2) is 9.37 Å². The van der Waals surface area contributed by atoms with Gasteiger partial charge in [0, 0.05) is 31.1 Å². The lowest BCUT2D eigenvalue weighted by atomic mass is 10.1. The lowest BCUT2D eigenvalue weighted by Gasteiger charge is -2.36. The lowest BCUT2D eigenvalue weighted by Crippen LogP contribution is -2.48. The number of nitrogens with one attached hydrogen (secondary N) is 1. The van der Waals surface area contributed by atoms with Gasteiger partial charge in [-0.15, -0.1) is 11.3 Å². The number of carbonyl (C=O) groups is 1. The van der Waals surface area contributed by atoms with Crippen molar-refractivity contribution in [2.45, 2.75) is 20.3 Å². The van der Waals surface area contributed by atoms with Gasteiger partial charge < -0.3 is 10.2 Å². The van der Waals surface area contributed by atoms with E-state index in [4.69, 9.17) is 0 Å². The van der Waals surface area contributed by atoms with E-state index in [0.717, 1.165) is 17.0 Å². The van der Waals surface area contributed by atoms with E-state index in [0.29, 0.717) is 43.5 Å². The highest BCUT2D eigenvalue weighted by Gasteiger charge is 2.22. The first kappa shape index (κ1) is 19.3. The van der Waals surface area contributed by atoms with E-state index >= 15 is 0 Å². The van der Waals surface area contributed by atoms with Crippen molar-refractivity contribution in [2.24, 2.45) is 0 Å². The van der Waals surface area contributed by atoms with Crippen LogP contribution in [0.5, 0.6) is 0 Å². The third-order valence-corrected chi connectivity index (χ3v) is 5.59. The third kappa shape index (κ3) is 4.43. The van der Waals surface area contributed by atoms with Crippen LogP contribution in [0.25, 0.3) is 0 Å². The molecule has 1 N–H and O–H groups in total. The van der Waals surface area contributed by atoms with Crippen LogP contribution < -0.4 is 10.2 Å². The van der Waals surface area contributed by atoms with E-state index in [1.165, 1.54) is 17.4 Å². The molecule has 1 fully saturated rings. The number of benzene rings is 1. The highest BCUT2D eigenvalue weighted by molar-refractivity contribution is 7.15. The number of piperazine rings is 1. The Hall–Kier alpha value is -2.50. The van der Waals surface area contributed by atoms with Crippen LogP contribution in [0, 0.1) is 24.1 Å². The SMILES string of the molecule is CCc1nc(NC(=O)CN2CCN(c3cccc(F)c3C#N)CC2)sc1C. The average Bonchev–Trinajstić information content (AvgIpc) is 3.01. The Morgan fingerprint density at radius 2 is 2.11 bits per heavy atom. The van der Waals surface area contributed by atoms with Gasteiger partial charge in [0.2, 0.25) is 5.91 Å². The molecule has 8 heteroatoms. The zero-order valence-electron chi connectivity index (χ0n) is 15.5. The summed E-state index contributed by atoms with van der Waals surface area (Å²) >= 11 is 1.50. The van der Waals surface area contributed by atoms with Crippen molar-refractivity contribution in [3.05, 3.63) is 40.2 Å².